The summed E-state index contributed by atoms with van der Waals surface area (Å²) in [6.07, 6.45) is 2.08. The number of allylic oxidation sites excluding steroid dienone is 1. The SMILES string of the molecule is COC(=O)/C1=C(\OC)CCCCC(=O)C1C(=O)OC. The topological polar surface area (TPSA) is 78.9 Å². The zero-order chi connectivity index (χ0) is 14.4. The molecular formula is C13H18O6. The van der Waals surface area contributed by atoms with Crippen LogP contribution in [0.4, 0.5) is 0 Å². The van der Waals surface area contributed by atoms with E-state index >= 15 is 0 Å². The summed E-state index contributed by atoms with van der Waals surface area (Å²) in [4.78, 5) is 35.7. The van der Waals surface area contributed by atoms with Gasteiger partial charge < -0.3 is 14.2 Å². The third-order valence-electron chi connectivity index (χ3n) is 3.08. The van der Waals surface area contributed by atoms with E-state index < -0.39 is 17.9 Å². The lowest BCUT2D eigenvalue weighted by Crippen LogP contribution is -2.33. The summed E-state index contributed by atoms with van der Waals surface area (Å²) in [7, 11) is 3.77. The molecule has 0 saturated carbocycles. The van der Waals surface area contributed by atoms with Crippen molar-refractivity contribution in [1.82, 2.24) is 0 Å². The van der Waals surface area contributed by atoms with Crippen molar-refractivity contribution in [1.29, 1.82) is 0 Å². The first-order chi connectivity index (χ1) is 9.06. The largest absolute Gasteiger partial charge is 0.501 e. The molecule has 1 atom stereocenters. The summed E-state index contributed by atoms with van der Waals surface area (Å²) in [6, 6.07) is 0. The molecule has 0 aromatic rings. The van der Waals surface area contributed by atoms with E-state index in [2.05, 4.69) is 9.47 Å². The first-order valence-corrected chi connectivity index (χ1v) is 6.02. The molecule has 19 heavy (non-hydrogen) atoms. The first-order valence-electron chi connectivity index (χ1n) is 6.02. The number of hydrogen-bond acceptors (Lipinski definition) is 6. The van der Waals surface area contributed by atoms with Crippen molar-refractivity contribution in [2.24, 2.45) is 5.92 Å². The molecule has 0 aliphatic heterocycles. The van der Waals surface area contributed by atoms with Gasteiger partial charge in [0, 0.05) is 12.8 Å². The number of carbonyl (C=O) groups excluding carboxylic acids is 3. The molecule has 0 fully saturated rings. The summed E-state index contributed by atoms with van der Waals surface area (Å²) in [6.45, 7) is 0. The van der Waals surface area contributed by atoms with E-state index in [1.54, 1.807) is 0 Å². The summed E-state index contributed by atoms with van der Waals surface area (Å²) in [5.41, 5.74) is -0.0402. The van der Waals surface area contributed by atoms with Gasteiger partial charge in [-0.25, -0.2) is 4.79 Å². The van der Waals surface area contributed by atoms with Crippen LogP contribution in [-0.2, 0) is 28.6 Å². The fraction of sp³-hybridized carbons (Fsp3) is 0.615. The van der Waals surface area contributed by atoms with E-state index in [0.717, 1.165) is 0 Å². The lowest BCUT2D eigenvalue weighted by atomic mass is 9.87. The molecule has 6 nitrogen and oxygen atoms in total. The molecule has 1 aliphatic carbocycles. The van der Waals surface area contributed by atoms with Crippen molar-refractivity contribution in [2.45, 2.75) is 25.7 Å². The van der Waals surface area contributed by atoms with Crippen molar-refractivity contribution < 1.29 is 28.6 Å². The quantitative estimate of drug-likeness (QED) is 0.562. The Labute approximate surface area is 111 Å². The van der Waals surface area contributed by atoms with Crippen molar-refractivity contribution in [2.75, 3.05) is 21.3 Å². The molecule has 1 unspecified atom stereocenters. The highest BCUT2D eigenvalue weighted by atomic mass is 16.5. The Bertz CT molecular complexity index is 409. The number of rotatable bonds is 3. The summed E-state index contributed by atoms with van der Waals surface area (Å²) < 4.78 is 14.4. The lowest BCUT2D eigenvalue weighted by molar-refractivity contribution is -0.151. The average molecular weight is 270 g/mol. The Morgan fingerprint density at radius 3 is 2.21 bits per heavy atom. The molecule has 0 spiro atoms. The van der Waals surface area contributed by atoms with Crippen molar-refractivity contribution in [3.63, 3.8) is 0 Å². The van der Waals surface area contributed by atoms with Crippen LogP contribution in [0.5, 0.6) is 0 Å². The summed E-state index contributed by atoms with van der Waals surface area (Å²) >= 11 is 0. The Morgan fingerprint density at radius 2 is 1.68 bits per heavy atom. The number of ether oxygens (including phenoxy) is 3. The van der Waals surface area contributed by atoms with Crippen LogP contribution in [0.1, 0.15) is 25.7 Å². The van der Waals surface area contributed by atoms with Gasteiger partial charge in [-0.15, -0.1) is 0 Å². The minimum absolute atomic E-state index is 0.0402. The van der Waals surface area contributed by atoms with Crippen LogP contribution in [0, 0.1) is 5.92 Å². The predicted octanol–water partition coefficient (Wildman–Crippen LogP) is 0.992. The van der Waals surface area contributed by atoms with Crippen molar-refractivity contribution >= 4 is 17.7 Å². The van der Waals surface area contributed by atoms with Gasteiger partial charge in [-0.3, -0.25) is 9.59 Å². The van der Waals surface area contributed by atoms with E-state index in [1.165, 1.54) is 21.3 Å². The molecule has 0 amide bonds. The van der Waals surface area contributed by atoms with Gasteiger partial charge in [-0.2, -0.15) is 0 Å². The zero-order valence-electron chi connectivity index (χ0n) is 11.4. The van der Waals surface area contributed by atoms with Gasteiger partial charge >= 0.3 is 11.9 Å². The molecule has 1 rings (SSSR count). The van der Waals surface area contributed by atoms with Gasteiger partial charge in [-0.05, 0) is 12.8 Å². The highest BCUT2D eigenvalue weighted by Crippen LogP contribution is 2.28. The second-order valence-corrected chi connectivity index (χ2v) is 4.16. The second kappa shape index (κ2) is 6.92. The standard InChI is InChI=1S/C13H18O6/c1-17-9-7-5-4-6-8(14)10(12(15)18-2)11(9)13(16)19-3/h10H,4-7H2,1-3H3/b11-9-. The van der Waals surface area contributed by atoms with E-state index in [-0.39, 0.29) is 17.8 Å². The second-order valence-electron chi connectivity index (χ2n) is 4.16. The van der Waals surface area contributed by atoms with E-state index in [4.69, 9.17) is 4.74 Å². The molecular weight excluding hydrogens is 252 g/mol. The van der Waals surface area contributed by atoms with Crippen molar-refractivity contribution in [3.05, 3.63) is 11.3 Å². The Hall–Kier alpha value is -1.85. The van der Waals surface area contributed by atoms with Gasteiger partial charge in [-0.1, -0.05) is 0 Å². The zero-order valence-corrected chi connectivity index (χ0v) is 11.4. The Morgan fingerprint density at radius 1 is 1.05 bits per heavy atom. The number of hydrogen-bond donors (Lipinski definition) is 0. The minimum atomic E-state index is -1.26. The monoisotopic (exact) mass is 270 g/mol. The summed E-state index contributed by atoms with van der Waals surface area (Å²) in [5.74, 6) is -2.78. The highest BCUT2D eigenvalue weighted by Gasteiger charge is 2.39. The van der Waals surface area contributed by atoms with Gasteiger partial charge in [0.05, 0.1) is 26.9 Å². The maximum atomic E-state index is 12.1. The summed E-state index contributed by atoms with van der Waals surface area (Å²) in [5, 5.41) is 0. The fourth-order valence-electron chi connectivity index (χ4n) is 2.11. The number of esters is 2. The molecule has 0 heterocycles. The lowest BCUT2D eigenvalue weighted by Gasteiger charge is -2.21. The number of carbonyl (C=O) groups is 3. The first kappa shape index (κ1) is 15.2. The maximum Gasteiger partial charge on any atom is 0.338 e. The third kappa shape index (κ3) is 3.33. The van der Waals surface area contributed by atoms with Crippen LogP contribution in [0.25, 0.3) is 0 Å². The van der Waals surface area contributed by atoms with E-state index in [0.29, 0.717) is 25.0 Å². The van der Waals surface area contributed by atoms with Gasteiger partial charge in [0.25, 0.3) is 0 Å². The molecule has 0 bridgehead atoms. The number of methoxy groups -OCH3 is 3. The van der Waals surface area contributed by atoms with Crippen LogP contribution in [-0.4, -0.2) is 39.1 Å². The van der Waals surface area contributed by atoms with Crippen LogP contribution in [0.3, 0.4) is 0 Å². The molecule has 6 heteroatoms. The molecule has 0 radical (unpaired) electrons. The number of Topliss-reactive ketones (excluding diaryl/α,β-unsaturated/α-hetero) is 1. The molecule has 1 aliphatic rings. The Kier molecular flexibility index (Phi) is 5.54. The smallest absolute Gasteiger partial charge is 0.338 e. The third-order valence-corrected chi connectivity index (χ3v) is 3.08. The van der Waals surface area contributed by atoms with Crippen LogP contribution in [0.15, 0.2) is 11.3 Å². The maximum absolute atomic E-state index is 12.1. The number of ketones is 1. The van der Waals surface area contributed by atoms with Gasteiger partial charge in [0.2, 0.25) is 0 Å². The van der Waals surface area contributed by atoms with Crippen LogP contribution >= 0.6 is 0 Å². The van der Waals surface area contributed by atoms with Crippen LogP contribution in [0.2, 0.25) is 0 Å². The van der Waals surface area contributed by atoms with Gasteiger partial charge in [0.1, 0.15) is 5.76 Å². The average Bonchev–Trinajstić information content (AvgIpc) is 2.41. The fourth-order valence-corrected chi connectivity index (χ4v) is 2.11. The van der Waals surface area contributed by atoms with E-state index in [1.807, 2.05) is 0 Å². The van der Waals surface area contributed by atoms with Crippen molar-refractivity contribution in [3.8, 4) is 0 Å². The Balaban J connectivity index is 3.34. The molecule has 0 aromatic heterocycles. The molecule has 0 saturated heterocycles. The molecule has 0 aromatic carbocycles. The predicted molar refractivity (Wildman–Crippen MR) is 65.0 cm³/mol. The van der Waals surface area contributed by atoms with Crippen LogP contribution < -0.4 is 0 Å². The van der Waals surface area contributed by atoms with Gasteiger partial charge in [0.15, 0.2) is 11.7 Å². The van der Waals surface area contributed by atoms with E-state index in [9.17, 15) is 14.4 Å². The normalized spacial score (nSPS) is 24.2. The molecule has 0 N–H and O–H groups in total. The molecule has 106 valence electrons. The highest BCUT2D eigenvalue weighted by molar-refractivity contribution is 6.10. The minimum Gasteiger partial charge on any atom is -0.501 e.